The summed E-state index contributed by atoms with van der Waals surface area (Å²) in [6.07, 6.45) is 0.853. The molecule has 2 aromatic carbocycles. The molecule has 0 aliphatic heterocycles. The monoisotopic (exact) mass is 272 g/mol. The van der Waals surface area contributed by atoms with Crippen LogP contribution in [0.2, 0.25) is 0 Å². The van der Waals surface area contributed by atoms with Crippen molar-refractivity contribution in [2.45, 2.75) is 12.8 Å². The van der Waals surface area contributed by atoms with Crippen LogP contribution in [0.25, 0.3) is 0 Å². The number of carbonyl (C=O) groups excluding carboxylic acids is 1. The van der Waals surface area contributed by atoms with Gasteiger partial charge < -0.3 is 4.74 Å². The Morgan fingerprint density at radius 1 is 1.00 bits per heavy atom. The van der Waals surface area contributed by atoms with E-state index in [1.165, 1.54) is 11.6 Å². The van der Waals surface area contributed by atoms with Crippen molar-refractivity contribution in [3.8, 4) is 0 Å². The second-order valence-corrected chi connectivity index (χ2v) is 4.60. The first-order valence-electron chi connectivity index (χ1n) is 6.62. The van der Waals surface area contributed by atoms with Crippen LogP contribution in [-0.4, -0.2) is 19.0 Å². The van der Waals surface area contributed by atoms with Crippen LogP contribution in [-0.2, 0) is 22.4 Å². The Kier molecular flexibility index (Phi) is 5.44. The first kappa shape index (κ1) is 14.4. The van der Waals surface area contributed by atoms with Gasteiger partial charge in [-0.25, -0.2) is 4.39 Å². The van der Waals surface area contributed by atoms with Gasteiger partial charge in [0.05, 0.1) is 6.61 Å². The van der Waals surface area contributed by atoms with Crippen molar-refractivity contribution in [2.24, 2.45) is 0 Å². The number of halogens is 1. The van der Waals surface area contributed by atoms with Gasteiger partial charge in [-0.2, -0.15) is 0 Å². The fourth-order valence-electron chi connectivity index (χ4n) is 1.93. The Morgan fingerprint density at radius 3 is 2.45 bits per heavy atom. The van der Waals surface area contributed by atoms with Crippen LogP contribution < -0.4 is 0 Å². The zero-order valence-corrected chi connectivity index (χ0v) is 11.2. The van der Waals surface area contributed by atoms with E-state index >= 15 is 0 Å². The minimum atomic E-state index is -0.342. The molecule has 0 radical (unpaired) electrons. The number of hydrogen-bond donors (Lipinski definition) is 0. The van der Waals surface area contributed by atoms with E-state index in [1.807, 2.05) is 30.3 Å². The second kappa shape index (κ2) is 7.56. The van der Waals surface area contributed by atoms with Crippen LogP contribution in [0.3, 0.4) is 0 Å². The van der Waals surface area contributed by atoms with Gasteiger partial charge in [0.15, 0.2) is 5.78 Å². The molecule has 0 atom stereocenters. The van der Waals surface area contributed by atoms with Gasteiger partial charge in [0, 0.05) is 6.42 Å². The largest absolute Gasteiger partial charge is 0.373 e. The molecule has 0 unspecified atom stereocenters. The summed E-state index contributed by atoms with van der Waals surface area (Å²) in [5.41, 5.74) is 1.60. The van der Waals surface area contributed by atoms with Crippen LogP contribution in [0.1, 0.15) is 11.1 Å². The first-order valence-corrected chi connectivity index (χ1v) is 6.62. The smallest absolute Gasteiger partial charge is 0.162 e. The average molecular weight is 272 g/mol. The number of ether oxygens (including phenoxy) is 1. The van der Waals surface area contributed by atoms with Gasteiger partial charge >= 0.3 is 0 Å². The molecule has 2 rings (SSSR count). The van der Waals surface area contributed by atoms with Gasteiger partial charge in [-0.3, -0.25) is 4.79 Å². The lowest BCUT2D eigenvalue weighted by atomic mass is 10.1. The third kappa shape index (κ3) is 4.59. The van der Waals surface area contributed by atoms with E-state index in [2.05, 4.69) is 0 Å². The maximum absolute atomic E-state index is 13.4. The molecule has 0 aliphatic rings. The Labute approximate surface area is 118 Å². The predicted octanol–water partition coefficient (Wildman–Crippen LogP) is 3.20. The van der Waals surface area contributed by atoms with Gasteiger partial charge in [-0.1, -0.05) is 48.5 Å². The number of rotatable bonds is 7. The first-order chi connectivity index (χ1) is 9.75. The van der Waals surface area contributed by atoms with Gasteiger partial charge in [0.25, 0.3) is 0 Å². The van der Waals surface area contributed by atoms with E-state index in [9.17, 15) is 9.18 Å². The van der Waals surface area contributed by atoms with E-state index < -0.39 is 0 Å². The molecule has 3 heteroatoms. The standard InChI is InChI=1S/C17H17FO2/c18-17-9-5-4-8-15(17)12-16(19)13-20-11-10-14-6-2-1-3-7-14/h1-9H,10-13H2. The molecule has 0 N–H and O–H groups in total. The Balaban J connectivity index is 1.69. The van der Waals surface area contributed by atoms with E-state index in [0.717, 1.165) is 6.42 Å². The van der Waals surface area contributed by atoms with Crippen LogP contribution in [0.15, 0.2) is 54.6 Å². The van der Waals surface area contributed by atoms with Crippen molar-refractivity contribution in [3.63, 3.8) is 0 Å². The lowest BCUT2D eigenvalue weighted by molar-refractivity contribution is -0.122. The Hall–Kier alpha value is -2.00. The van der Waals surface area contributed by atoms with E-state index in [-0.39, 0.29) is 24.6 Å². The molecule has 20 heavy (non-hydrogen) atoms. The summed E-state index contributed by atoms with van der Waals surface area (Å²) >= 11 is 0. The van der Waals surface area contributed by atoms with Gasteiger partial charge in [-0.15, -0.1) is 0 Å². The minimum absolute atomic E-state index is 0.0289. The maximum atomic E-state index is 13.4. The highest BCUT2D eigenvalue weighted by atomic mass is 19.1. The van der Waals surface area contributed by atoms with Crippen molar-refractivity contribution in [2.75, 3.05) is 13.2 Å². The molecule has 0 fully saturated rings. The number of ketones is 1. The van der Waals surface area contributed by atoms with Gasteiger partial charge in [0.2, 0.25) is 0 Å². The van der Waals surface area contributed by atoms with Crippen molar-refractivity contribution in [3.05, 3.63) is 71.5 Å². The van der Waals surface area contributed by atoms with Crippen LogP contribution in [0.5, 0.6) is 0 Å². The zero-order valence-electron chi connectivity index (χ0n) is 11.2. The molecule has 0 heterocycles. The normalized spacial score (nSPS) is 10.4. The lowest BCUT2D eigenvalue weighted by Crippen LogP contribution is -2.13. The van der Waals surface area contributed by atoms with Crippen molar-refractivity contribution in [1.29, 1.82) is 0 Å². The number of Topliss-reactive ketones (excluding diaryl/α,β-unsaturated/α-hetero) is 1. The number of hydrogen-bond acceptors (Lipinski definition) is 2. The minimum Gasteiger partial charge on any atom is -0.373 e. The van der Waals surface area contributed by atoms with E-state index in [1.54, 1.807) is 18.2 Å². The molecule has 2 nitrogen and oxygen atoms in total. The van der Waals surface area contributed by atoms with Crippen molar-refractivity contribution in [1.82, 2.24) is 0 Å². The highest BCUT2D eigenvalue weighted by molar-refractivity contribution is 5.82. The molecule has 0 bridgehead atoms. The van der Waals surface area contributed by atoms with Crippen LogP contribution >= 0.6 is 0 Å². The van der Waals surface area contributed by atoms with Crippen molar-refractivity contribution >= 4 is 5.78 Å². The summed E-state index contributed by atoms with van der Waals surface area (Å²) in [6, 6.07) is 16.3. The molecule has 0 spiro atoms. The molecular formula is C17H17FO2. The Bertz CT molecular complexity index is 552. The number of benzene rings is 2. The average Bonchev–Trinajstić information content (AvgIpc) is 2.47. The molecule has 2 aromatic rings. The summed E-state index contributed by atoms with van der Waals surface area (Å²) < 4.78 is 18.7. The zero-order chi connectivity index (χ0) is 14.2. The van der Waals surface area contributed by atoms with Crippen LogP contribution in [0.4, 0.5) is 4.39 Å². The Morgan fingerprint density at radius 2 is 1.70 bits per heavy atom. The summed E-state index contributed by atoms with van der Waals surface area (Å²) in [7, 11) is 0. The van der Waals surface area contributed by atoms with Crippen molar-refractivity contribution < 1.29 is 13.9 Å². The molecule has 0 saturated carbocycles. The quantitative estimate of drug-likeness (QED) is 0.723. The highest BCUT2D eigenvalue weighted by Crippen LogP contribution is 2.07. The second-order valence-electron chi connectivity index (χ2n) is 4.60. The topological polar surface area (TPSA) is 26.3 Å². The molecule has 0 amide bonds. The SMILES string of the molecule is O=C(COCCc1ccccc1)Cc1ccccc1F. The summed E-state index contributed by atoms with van der Waals surface area (Å²) in [5, 5.41) is 0. The summed E-state index contributed by atoms with van der Waals surface area (Å²) in [4.78, 5) is 11.7. The molecule has 0 saturated heterocycles. The molecule has 0 aromatic heterocycles. The lowest BCUT2D eigenvalue weighted by Gasteiger charge is -2.05. The van der Waals surface area contributed by atoms with Gasteiger partial charge in [0.1, 0.15) is 12.4 Å². The maximum Gasteiger partial charge on any atom is 0.162 e. The van der Waals surface area contributed by atoms with Gasteiger partial charge in [-0.05, 0) is 23.6 Å². The van der Waals surface area contributed by atoms with Crippen LogP contribution in [0, 0.1) is 5.82 Å². The molecule has 0 aliphatic carbocycles. The summed E-state index contributed by atoms with van der Waals surface area (Å²) in [6.45, 7) is 0.522. The fourth-order valence-corrected chi connectivity index (χ4v) is 1.93. The fraction of sp³-hybridized carbons (Fsp3) is 0.235. The van der Waals surface area contributed by atoms with E-state index in [0.29, 0.717) is 12.2 Å². The predicted molar refractivity (Wildman–Crippen MR) is 76.1 cm³/mol. The number of carbonyl (C=O) groups is 1. The summed E-state index contributed by atoms with van der Waals surface area (Å²) in [5.74, 6) is -0.451. The van der Waals surface area contributed by atoms with E-state index in [4.69, 9.17) is 4.74 Å². The molecular weight excluding hydrogens is 255 g/mol. The third-order valence-corrected chi connectivity index (χ3v) is 2.99. The molecule has 104 valence electrons. The third-order valence-electron chi connectivity index (χ3n) is 2.99. The highest BCUT2D eigenvalue weighted by Gasteiger charge is 2.07.